The summed E-state index contributed by atoms with van der Waals surface area (Å²) in [6.45, 7) is 5.11. The number of carbonyl (C=O) groups excluding carboxylic acids is 1. The summed E-state index contributed by atoms with van der Waals surface area (Å²) in [5, 5.41) is 22.0. The molecule has 2 N–H and O–H groups in total. The molecule has 42 heavy (non-hydrogen) atoms. The monoisotopic (exact) mass is 590 g/mol. The Hall–Kier alpha value is -4.44. The van der Waals surface area contributed by atoms with Crippen LogP contribution in [0.4, 0.5) is 0 Å². The van der Waals surface area contributed by atoms with Gasteiger partial charge in [-0.15, -0.1) is 11.3 Å². The maximum Gasteiger partial charge on any atom is 0.331 e. The van der Waals surface area contributed by atoms with Crippen LogP contribution in [0.1, 0.15) is 42.3 Å². The first kappa shape index (κ1) is 30.5. The molecular formula is C32H34N2O7S. The average Bonchev–Trinajstić information content (AvgIpc) is 3.60. The van der Waals surface area contributed by atoms with E-state index in [9.17, 15) is 24.6 Å². The summed E-state index contributed by atoms with van der Waals surface area (Å²) in [5.74, 6) is -1.000. The molecule has 1 unspecified atom stereocenters. The van der Waals surface area contributed by atoms with Gasteiger partial charge in [-0.3, -0.25) is 9.59 Å². The second kappa shape index (κ2) is 13.0. The van der Waals surface area contributed by atoms with Crippen molar-refractivity contribution >= 4 is 34.8 Å². The zero-order valence-electron chi connectivity index (χ0n) is 24.0. The van der Waals surface area contributed by atoms with Gasteiger partial charge in [0.25, 0.3) is 0 Å². The molecule has 10 heteroatoms. The molecule has 3 aromatic rings. The Morgan fingerprint density at radius 3 is 2.33 bits per heavy atom. The lowest BCUT2D eigenvalue weighted by molar-refractivity contribution is -0.145. The Kier molecular flexibility index (Phi) is 9.47. The number of benzene rings is 2. The molecule has 1 aliphatic heterocycles. The molecule has 0 radical (unpaired) electrons. The number of thiazole rings is 1. The van der Waals surface area contributed by atoms with Crippen molar-refractivity contribution in [1.29, 1.82) is 0 Å². The van der Waals surface area contributed by atoms with E-state index in [1.807, 2.05) is 17.9 Å². The number of ether oxygens (including phenoxy) is 2. The molecule has 220 valence electrons. The Morgan fingerprint density at radius 2 is 1.79 bits per heavy atom. The number of hydrogen-bond acceptors (Lipinski definition) is 7. The van der Waals surface area contributed by atoms with Crippen LogP contribution < -0.4 is 9.47 Å². The van der Waals surface area contributed by atoms with Crippen LogP contribution in [0.25, 0.3) is 16.8 Å². The van der Waals surface area contributed by atoms with Crippen molar-refractivity contribution in [3.63, 3.8) is 0 Å². The molecule has 2 heterocycles. The molecule has 1 amide bonds. The SMILES string of the molecule is COc1cccc(OC)c1C1=CC(C)(C(=O)O)CC(C(=O)O)=C1.Cc1nc(-c2cccc(CN3CCCC3=O)c2)cs1. The fourth-order valence-corrected chi connectivity index (χ4v) is 5.66. The standard InChI is InChI=1S/C17H18O6.C15H16N2OS/c1-17(16(20)21)8-10(7-11(9-17)15(18)19)14-12(22-2)5-4-6-13(14)23-3;1-11-16-14(10-19-11)13-5-2-4-12(8-13)9-17-7-3-6-15(17)18/h4-8H,9H2,1-3H3,(H,18,19)(H,20,21);2,4-5,8,10H,3,6-7,9H2,1H3. The summed E-state index contributed by atoms with van der Waals surface area (Å²) in [6.07, 6.45) is 4.61. The van der Waals surface area contributed by atoms with Crippen LogP contribution in [0, 0.1) is 12.3 Å². The van der Waals surface area contributed by atoms with E-state index in [4.69, 9.17) is 9.47 Å². The minimum absolute atomic E-state index is 0.0281. The molecule has 2 aliphatic rings. The lowest BCUT2D eigenvalue weighted by Gasteiger charge is -2.27. The molecule has 0 spiro atoms. The molecular weight excluding hydrogens is 556 g/mol. The van der Waals surface area contributed by atoms with Gasteiger partial charge in [0.2, 0.25) is 5.91 Å². The zero-order chi connectivity index (χ0) is 30.4. The fourth-order valence-electron chi connectivity index (χ4n) is 5.04. The number of allylic oxidation sites excluding steroid dienone is 2. The smallest absolute Gasteiger partial charge is 0.331 e. The van der Waals surface area contributed by atoms with Gasteiger partial charge in [-0.1, -0.05) is 30.3 Å². The van der Waals surface area contributed by atoms with Gasteiger partial charge >= 0.3 is 11.9 Å². The predicted octanol–water partition coefficient (Wildman–Crippen LogP) is 5.83. The van der Waals surface area contributed by atoms with E-state index < -0.39 is 17.4 Å². The number of amides is 1. The van der Waals surface area contributed by atoms with Crippen LogP contribution in [0.3, 0.4) is 0 Å². The minimum atomic E-state index is -1.32. The number of methoxy groups -OCH3 is 2. The van der Waals surface area contributed by atoms with E-state index >= 15 is 0 Å². The zero-order valence-corrected chi connectivity index (χ0v) is 24.9. The van der Waals surface area contributed by atoms with Crippen LogP contribution in [0.2, 0.25) is 0 Å². The second-order valence-electron chi connectivity index (χ2n) is 10.4. The van der Waals surface area contributed by atoms with Gasteiger partial charge in [0, 0.05) is 36.0 Å². The molecule has 0 saturated carbocycles. The maximum atomic E-state index is 11.7. The third kappa shape index (κ3) is 6.88. The van der Waals surface area contributed by atoms with E-state index in [0.717, 1.165) is 35.8 Å². The number of hydrogen-bond donors (Lipinski definition) is 2. The summed E-state index contributed by atoms with van der Waals surface area (Å²) in [6, 6.07) is 13.5. The van der Waals surface area contributed by atoms with Crippen molar-refractivity contribution in [2.75, 3.05) is 20.8 Å². The third-order valence-corrected chi connectivity index (χ3v) is 8.00. The molecule has 1 saturated heterocycles. The summed E-state index contributed by atoms with van der Waals surface area (Å²) < 4.78 is 10.6. The van der Waals surface area contributed by atoms with Crippen LogP contribution in [-0.2, 0) is 20.9 Å². The van der Waals surface area contributed by atoms with Crippen molar-refractivity contribution in [3.05, 3.63) is 81.7 Å². The highest BCUT2D eigenvalue weighted by molar-refractivity contribution is 7.09. The first-order valence-corrected chi connectivity index (χ1v) is 14.3. The number of nitrogens with zero attached hydrogens (tertiary/aromatic N) is 2. The van der Waals surface area contributed by atoms with Gasteiger partial charge in [0.05, 0.1) is 35.9 Å². The highest BCUT2D eigenvalue weighted by atomic mass is 32.1. The van der Waals surface area contributed by atoms with Crippen molar-refractivity contribution in [2.24, 2.45) is 5.41 Å². The maximum absolute atomic E-state index is 11.7. The number of carbonyl (C=O) groups is 3. The predicted molar refractivity (Wildman–Crippen MR) is 161 cm³/mol. The molecule has 1 atom stereocenters. The summed E-state index contributed by atoms with van der Waals surface area (Å²) in [5.41, 5.74) is 3.03. The first-order valence-electron chi connectivity index (χ1n) is 13.5. The Bertz CT molecular complexity index is 1540. The largest absolute Gasteiger partial charge is 0.496 e. The highest BCUT2D eigenvalue weighted by Crippen LogP contribution is 2.43. The Morgan fingerprint density at radius 1 is 1.10 bits per heavy atom. The molecule has 1 fully saturated rings. The van der Waals surface area contributed by atoms with Gasteiger partial charge in [-0.2, -0.15) is 0 Å². The topological polar surface area (TPSA) is 126 Å². The van der Waals surface area contributed by atoms with Gasteiger partial charge in [0.1, 0.15) is 11.5 Å². The fraction of sp³-hybridized carbons (Fsp3) is 0.312. The van der Waals surface area contributed by atoms with E-state index in [1.54, 1.807) is 35.6 Å². The van der Waals surface area contributed by atoms with Crippen molar-refractivity contribution < 1.29 is 34.1 Å². The van der Waals surface area contributed by atoms with Gasteiger partial charge in [-0.05, 0) is 62.1 Å². The lowest BCUT2D eigenvalue weighted by Crippen LogP contribution is -2.29. The van der Waals surface area contributed by atoms with E-state index in [0.29, 0.717) is 29.1 Å². The average molecular weight is 591 g/mol. The number of carboxylic acids is 2. The van der Waals surface area contributed by atoms with Crippen LogP contribution in [0.15, 0.2) is 65.6 Å². The van der Waals surface area contributed by atoms with E-state index in [2.05, 4.69) is 28.6 Å². The van der Waals surface area contributed by atoms with Crippen LogP contribution in [0.5, 0.6) is 11.5 Å². The van der Waals surface area contributed by atoms with E-state index in [1.165, 1.54) is 32.8 Å². The Balaban J connectivity index is 0.000000196. The number of aryl methyl sites for hydroxylation is 1. The third-order valence-electron chi connectivity index (χ3n) is 7.23. The summed E-state index contributed by atoms with van der Waals surface area (Å²) >= 11 is 1.66. The minimum Gasteiger partial charge on any atom is -0.496 e. The molecule has 0 bridgehead atoms. The number of rotatable bonds is 8. The number of likely N-dealkylation sites (tertiary alicyclic amines) is 1. The highest BCUT2D eigenvalue weighted by Gasteiger charge is 2.37. The van der Waals surface area contributed by atoms with Crippen molar-refractivity contribution in [2.45, 2.75) is 39.7 Å². The van der Waals surface area contributed by atoms with Gasteiger partial charge in [0.15, 0.2) is 0 Å². The number of carboxylic acid groups (broad SMARTS) is 2. The van der Waals surface area contributed by atoms with Gasteiger partial charge in [-0.25, -0.2) is 9.78 Å². The molecule has 5 rings (SSSR count). The molecule has 2 aromatic carbocycles. The van der Waals surface area contributed by atoms with Crippen LogP contribution in [-0.4, -0.2) is 58.7 Å². The molecule has 1 aliphatic carbocycles. The lowest BCUT2D eigenvalue weighted by atomic mass is 9.76. The first-order chi connectivity index (χ1) is 20.0. The normalized spacial score (nSPS) is 18.0. The second-order valence-corrected chi connectivity index (χ2v) is 11.4. The van der Waals surface area contributed by atoms with Gasteiger partial charge < -0.3 is 24.6 Å². The van der Waals surface area contributed by atoms with E-state index in [-0.39, 0.29) is 17.9 Å². The molecule has 1 aromatic heterocycles. The summed E-state index contributed by atoms with van der Waals surface area (Å²) in [4.78, 5) is 41.1. The Labute approximate surface area is 248 Å². The quantitative estimate of drug-likeness (QED) is 0.335. The van der Waals surface area contributed by atoms with Crippen molar-refractivity contribution in [3.8, 4) is 22.8 Å². The summed E-state index contributed by atoms with van der Waals surface area (Å²) in [7, 11) is 2.97. The van der Waals surface area contributed by atoms with Crippen molar-refractivity contribution in [1.82, 2.24) is 9.88 Å². The number of aliphatic carboxylic acids is 2. The number of aromatic nitrogens is 1. The molecule has 9 nitrogen and oxygen atoms in total. The van der Waals surface area contributed by atoms with Crippen LogP contribution >= 0.6 is 11.3 Å².